The number of rotatable bonds is 3. The fourth-order valence-electron chi connectivity index (χ4n) is 2.90. The Morgan fingerprint density at radius 1 is 1.25 bits per heavy atom. The average molecular weight is 286 g/mol. The maximum Gasteiger partial charge on any atom is 0.326 e. The summed E-state index contributed by atoms with van der Waals surface area (Å²) >= 11 is 0. The number of carbonyl (C=O) groups excluding carboxylic acids is 1. The topological polar surface area (TPSA) is 99.1 Å². The number of carboxylic acids is 1. The number of amides is 2. The number of ether oxygens (including phenoxy) is 1. The van der Waals surface area contributed by atoms with Crippen LogP contribution >= 0.6 is 0 Å². The zero-order valence-electron chi connectivity index (χ0n) is 11.6. The van der Waals surface area contributed by atoms with Gasteiger partial charge >= 0.3 is 12.0 Å². The van der Waals surface area contributed by atoms with E-state index in [0.717, 1.165) is 12.8 Å². The molecule has 1 aliphatic heterocycles. The molecule has 114 valence electrons. The summed E-state index contributed by atoms with van der Waals surface area (Å²) < 4.78 is 5.16. The van der Waals surface area contributed by atoms with E-state index < -0.39 is 12.0 Å². The lowest BCUT2D eigenvalue weighted by Gasteiger charge is -2.29. The first-order valence-corrected chi connectivity index (χ1v) is 7.02. The van der Waals surface area contributed by atoms with E-state index in [1.54, 1.807) is 0 Å². The smallest absolute Gasteiger partial charge is 0.326 e. The van der Waals surface area contributed by atoms with Crippen LogP contribution in [0.2, 0.25) is 0 Å². The summed E-state index contributed by atoms with van der Waals surface area (Å²) in [6.45, 7) is 0.300. The fourth-order valence-corrected chi connectivity index (χ4v) is 2.90. The Kier molecular flexibility index (Phi) is 4.82. The van der Waals surface area contributed by atoms with Crippen LogP contribution in [0.4, 0.5) is 4.79 Å². The van der Waals surface area contributed by atoms with Gasteiger partial charge in [-0.3, -0.25) is 0 Å². The lowest BCUT2D eigenvalue weighted by molar-refractivity contribution is -0.141. The predicted octanol–water partition coefficient (Wildman–Crippen LogP) is 0.173. The van der Waals surface area contributed by atoms with Crippen molar-refractivity contribution in [3.05, 3.63) is 0 Å². The van der Waals surface area contributed by atoms with Gasteiger partial charge < -0.3 is 25.2 Å². The van der Waals surface area contributed by atoms with Crippen molar-refractivity contribution < 1.29 is 24.5 Å². The van der Waals surface area contributed by atoms with Crippen molar-refractivity contribution in [3.63, 3.8) is 0 Å². The highest BCUT2D eigenvalue weighted by atomic mass is 16.5. The average Bonchev–Trinajstić information content (AvgIpc) is 2.86. The van der Waals surface area contributed by atoms with Gasteiger partial charge in [0.25, 0.3) is 0 Å². The number of aliphatic carboxylic acids is 1. The number of nitrogens with one attached hydrogen (secondary N) is 1. The first-order valence-electron chi connectivity index (χ1n) is 7.02. The largest absolute Gasteiger partial charge is 0.480 e. The number of hydrogen-bond donors (Lipinski definition) is 3. The Bertz CT molecular complexity index is 368. The van der Waals surface area contributed by atoms with E-state index in [1.165, 1.54) is 12.0 Å². The van der Waals surface area contributed by atoms with E-state index in [2.05, 4.69) is 5.32 Å². The maximum atomic E-state index is 12.2. The van der Waals surface area contributed by atoms with Crippen molar-refractivity contribution in [1.29, 1.82) is 0 Å². The molecule has 2 amide bonds. The van der Waals surface area contributed by atoms with Crippen LogP contribution in [0.5, 0.6) is 0 Å². The van der Waals surface area contributed by atoms with Crippen LogP contribution in [0.3, 0.4) is 0 Å². The zero-order chi connectivity index (χ0) is 14.7. The molecule has 0 aromatic heterocycles. The minimum atomic E-state index is -1.00. The van der Waals surface area contributed by atoms with Crippen molar-refractivity contribution in [2.24, 2.45) is 0 Å². The zero-order valence-corrected chi connectivity index (χ0v) is 11.6. The van der Waals surface area contributed by atoms with Crippen LogP contribution in [-0.4, -0.2) is 65.1 Å². The Morgan fingerprint density at radius 3 is 2.45 bits per heavy atom. The van der Waals surface area contributed by atoms with E-state index >= 15 is 0 Å². The highest BCUT2D eigenvalue weighted by Crippen LogP contribution is 2.22. The Hall–Kier alpha value is -1.34. The van der Waals surface area contributed by atoms with Gasteiger partial charge in [-0.15, -0.1) is 0 Å². The van der Waals surface area contributed by atoms with Gasteiger partial charge in [-0.1, -0.05) is 0 Å². The number of hydrogen-bond acceptors (Lipinski definition) is 4. The molecule has 2 unspecified atom stereocenters. The van der Waals surface area contributed by atoms with Crippen LogP contribution in [0.1, 0.15) is 32.1 Å². The van der Waals surface area contributed by atoms with Gasteiger partial charge in [0.15, 0.2) is 0 Å². The number of aliphatic hydroxyl groups excluding tert-OH is 1. The van der Waals surface area contributed by atoms with Crippen LogP contribution < -0.4 is 5.32 Å². The second-order valence-electron chi connectivity index (χ2n) is 5.55. The molecular formula is C13H22N2O5. The second-order valence-corrected chi connectivity index (χ2v) is 5.55. The fraction of sp³-hybridized carbons (Fsp3) is 0.846. The first-order chi connectivity index (χ1) is 9.51. The summed E-state index contributed by atoms with van der Waals surface area (Å²) in [6.07, 6.45) is 2.62. The van der Waals surface area contributed by atoms with E-state index in [0.29, 0.717) is 25.8 Å². The molecule has 2 aliphatic rings. The number of urea groups is 1. The molecule has 20 heavy (non-hydrogen) atoms. The summed E-state index contributed by atoms with van der Waals surface area (Å²) in [4.78, 5) is 24.7. The molecule has 2 rings (SSSR count). The molecule has 0 bridgehead atoms. The number of aliphatic hydroxyl groups is 1. The predicted molar refractivity (Wildman–Crippen MR) is 70.3 cm³/mol. The Labute approximate surface area is 117 Å². The third-order valence-electron chi connectivity index (χ3n) is 4.17. The molecular weight excluding hydrogens is 264 g/mol. The van der Waals surface area contributed by atoms with Crippen LogP contribution in [0, 0.1) is 0 Å². The normalized spacial score (nSPS) is 34.0. The van der Waals surface area contributed by atoms with Gasteiger partial charge in [0.2, 0.25) is 0 Å². The van der Waals surface area contributed by atoms with E-state index in [4.69, 9.17) is 4.74 Å². The van der Waals surface area contributed by atoms with Crippen molar-refractivity contribution >= 4 is 12.0 Å². The van der Waals surface area contributed by atoms with E-state index in [1.807, 2.05) is 0 Å². The molecule has 0 spiro atoms. The van der Waals surface area contributed by atoms with E-state index in [-0.39, 0.29) is 24.3 Å². The highest BCUT2D eigenvalue weighted by molar-refractivity contribution is 5.83. The minimum Gasteiger partial charge on any atom is -0.480 e. The lowest BCUT2D eigenvalue weighted by Crippen LogP contribution is -2.50. The van der Waals surface area contributed by atoms with Gasteiger partial charge in [0.1, 0.15) is 6.04 Å². The van der Waals surface area contributed by atoms with Crippen molar-refractivity contribution in [2.75, 3.05) is 13.7 Å². The van der Waals surface area contributed by atoms with Crippen LogP contribution in [0.15, 0.2) is 0 Å². The van der Waals surface area contributed by atoms with E-state index in [9.17, 15) is 19.8 Å². The molecule has 2 atom stereocenters. The molecule has 0 aromatic rings. The summed E-state index contributed by atoms with van der Waals surface area (Å²) in [7, 11) is 1.52. The maximum absolute atomic E-state index is 12.2. The summed E-state index contributed by atoms with van der Waals surface area (Å²) in [5, 5.41) is 21.5. The molecule has 0 aromatic carbocycles. The lowest BCUT2D eigenvalue weighted by atomic mass is 9.93. The standard InChI is InChI=1S/C13H22N2O5/c1-20-10-6-11(12(17)18)15(7-10)13(19)14-8-2-4-9(16)5-3-8/h8-11,16H,2-7H2,1H3,(H,14,19)(H,17,18). The quantitative estimate of drug-likeness (QED) is 0.687. The van der Waals surface area contributed by atoms with Gasteiger partial charge in [-0.05, 0) is 25.7 Å². The molecule has 1 aliphatic carbocycles. The number of likely N-dealkylation sites (tertiary alicyclic amines) is 1. The monoisotopic (exact) mass is 286 g/mol. The molecule has 1 saturated heterocycles. The molecule has 3 N–H and O–H groups in total. The second kappa shape index (κ2) is 6.41. The number of nitrogens with zero attached hydrogens (tertiary/aromatic N) is 1. The van der Waals surface area contributed by atoms with Crippen molar-refractivity contribution in [2.45, 2.75) is 56.4 Å². The van der Waals surface area contributed by atoms with Crippen molar-refractivity contribution in [3.8, 4) is 0 Å². The van der Waals surface area contributed by atoms with Crippen LogP contribution in [-0.2, 0) is 9.53 Å². The molecule has 7 heteroatoms. The molecule has 2 fully saturated rings. The molecule has 1 heterocycles. The van der Waals surface area contributed by atoms with Gasteiger partial charge in [0, 0.05) is 26.1 Å². The Morgan fingerprint density at radius 2 is 1.90 bits per heavy atom. The molecule has 7 nitrogen and oxygen atoms in total. The van der Waals surface area contributed by atoms with Crippen LogP contribution in [0.25, 0.3) is 0 Å². The van der Waals surface area contributed by atoms with Gasteiger partial charge in [-0.25, -0.2) is 9.59 Å². The molecule has 1 saturated carbocycles. The number of carbonyl (C=O) groups is 2. The number of carboxylic acid groups (broad SMARTS) is 1. The summed E-state index contributed by atoms with van der Waals surface area (Å²) in [5.41, 5.74) is 0. The summed E-state index contributed by atoms with van der Waals surface area (Å²) in [6, 6.07) is -1.16. The number of methoxy groups -OCH3 is 1. The SMILES string of the molecule is COC1CC(C(=O)O)N(C(=O)NC2CCC(O)CC2)C1. The summed E-state index contributed by atoms with van der Waals surface area (Å²) in [5.74, 6) is -1.00. The third-order valence-corrected chi connectivity index (χ3v) is 4.17. The van der Waals surface area contributed by atoms with Gasteiger partial charge in [-0.2, -0.15) is 0 Å². The minimum absolute atomic E-state index is 0.0157. The third kappa shape index (κ3) is 3.40. The first kappa shape index (κ1) is 15.1. The van der Waals surface area contributed by atoms with Crippen molar-refractivity contribution in [1.82, 2.24) is 10.2 Å². The highest BCUT2D eigenvalue weighted by Gasteiger charge is 2.40. The Balaban J connectivity index is 1.91. The van der Waals surface area contributed by atoms with Gasteiger partial charge in [0.05, 0.1) is 12.2 Å². The molecule has 0 radical (unpaired) electrons.